The number of hydrogen-bond acceptors (Lipinski definition) is 6. The topological polar surface area (TPSA) is 97.6 Å². The second-order valence-electron chi connectivity index (χ2n) is 12.6. The zero-order valence-electron chi connectivity index (χ0n) is 24.8. The lowest BCUT2D eigenvalue weighted by molar-refractivity contribution is -0.138. The third kappa shape index (κ3) is 7.09. The maximum Gasteiger partial charge on any atom is 0.237 e. The second kappa shape index (κ2) is 13.0. The van der Waals surface area contributed by atoms with E-state index >= 15 is 8.78 Å². The van der Waals surface area contributed by atoms with Crippen LogP contribution in [0.2, 0.25) is 10.0 Å². The molecule has 7 nitrogen and oxygen atoms in total. The zero-order valence-corrected chi connectivity index (χ0v) is 26.3. The van der Waals surface area contributed by atoms with Crippen molar-refractivity contribution in [2.45, 2.75) is 82.4 Å². The lowest BCUT2D eigenvalue weighted by Crippen LogP contribution is -2.52. The van der Waals surface area contributed by atoms with E-state index in [1.165, 1.54) is 18.2 Å². The summed E-state index contributed by atoms with van der Waals surface area (Å²) in [5.41, 5.74) is 5.79. The molecule has 42 heavy (non-hydrogen) atoms. The number of hydrogen-bond donors (Lipinski definition) is 4. The number of rotatable bonds is 11. The van der Waals surface area contributed by atoms with E-state index in [4.69, 9.17) is 38.4 Å². The first-order valence-corrected chi connectivity index (χ1v) is 15.1. The van der Waals surface area contributed by atoms with Gasteiger partial charge in [0.05, 0.1) is 29.3 Å². The molecule has 232 valence electrons. The number of halogens is 4. The van der Waals surface area contributed by atoms with E-state index in [0.29, 0.717) is 26.0 Å². The van der Waals surface area contributed by atoms with Gasteiger partial charge in [0.15, 0.2) is 5.79 Å². The minimum absolute atomic E-state index is 0.107. The molecule has 0 aliphatic carbocycles. The zero-order chi connectivity index (χ0) is 30.9. The van der Waals surface area contributed by atoms with Crippen LogP contribution in [0.5, 0.6) is 0 Å². The van der Waals surface area contributed by atoms with Crippen LogP contribution < -0.4 is 21.7 Å². The van der Waals surface area contributed by atoms with Gasteiger partial charge in [-0.15, -0.1) is 0 Å². The molecule has 2 heterocycles. The van der Waals surface area contributed by atoms with Crippen LogP contribution in [0.3, 0.4) is 0 Å². The number of benzene rings is 2. The van der Waals surface area contributed by atoms with Gasteiger partial charge in [-0.25, -0.2) is 8.78 Å². The summed E-state index contributed by atoms with van der Waals surface area (Å²) in [5.74, 6) is -3.37. The molecule has 1 amide bonds. The molecule has 2 saturated heterocycles. The van der Waals surface area contributed by atoms with Crippen molar-refractivity contribution in [2.24, 2.45) is 11.1 Å². The van der Waals surface area contributed by atoms with Gasteiger partial charge in [-0.05, 0) is 75.9 Å². The summed E-state index contributed by atoms with van der Waals surface area (Å²) in [6.07, 6.45) is 1.64. The summed E-state index contributed by atoms with van der Waals surface area (Å²) in [7, 11) is 1.88. The molecular weight excluding hydrogens is 585 g/mol. The molecule has 0 aromatic heterocycles. The van der Waals surface area contributed by atoms with E-state index in [2.05, 4.69) is 29.8 Å². The van der Waals surface area contributed by atoms with Crippen molar-refractivity contribution in [3.8, 4) is 0 Å². The minimum atomic E-state index is -1.54. The Bertz CT molecular complexity index is 1280. The molecule has 2 fully saturated rings. The highest BCUT2D eigenvalue weighted by molar-refractivity contribution is 6.31. The summed E-state index contributed by atoms with van der Waals surface area (Å²) in [6.45, 7) is 9.35. The summed E-state index contributed by atoms with van der Waals surface area (Å²) < 4.78 is 43.0. The highest BCUT2D eigenvalue weighted by Gasteiger charge is 2.58. The van der Waals surface area contributed by atoms with E-state index < -0.39 is 41.0 Å². The smallest absolute Gasteiger partial charge is 0.237 e. The Hall–Kier alpha value is -1.85. The van der Waals surface area contributed by atoms with Gasteiger partial charge in [-0.2, -0.15) is 0 Å². The molecule has 0 saturated carbocycles. The average Bonchev–Trinajstić information content (AvgIpc) is 3.40. The number of nitrogens with two attached hydrogens (primary N) is 1. The van der Waals surface area contributed by atoms with Gasteiger partial charge in [-0.1, -0.05) is 55.2 Å². The Morgan fingerprint density at radius 2 is 1.93 bits per heavy atom. The van der Waals surface area contributed by atoms with Crippen molar-refractivity contribution >= 4 is 29.1 Å². The Morgan fingerprint density at radius 1 is 1.19 bits per heavy atom. The number of amides is 1. The molecule has 11 heteroatoms. The first kappa shape index (κ1) is 33.1. The molecule has 0 bridgehead atoms. The Kier molecular flexibility index (Phi) is 10.2. The third-order valence-corrected chi connectivity index (χ3v) is 8.97. The molecule has 5 N–H and O–H groups in total. The maximum absolute atomic E-state index is 15.8. The Labute approximate surface area is 257 Å². The summed E-state index contributed by atoms with van der Waals surface area (Å²) in [4.78, 5) is 13.9. The monoisotopic (exact) mass is 626 g/mol. The van der Waals surface area contributed by atoms with Crippen molar-refractivity contribution in [1.82, 2.24) is 16.0 Å². The van der Waals surface area contributed by atoms with E-state index in [9.17, 15) is 4.79 Å². The van der Waals surface area contributed by atoms with E-state index in [1.807, 2.05) is 20.9 Å². The molecular formula is C31H42Cl2F2N4O3. The molecule has 0 radical (unpaired) electrons. The maximum atomic E-state index is 15.8. The number of carbonyl (C=O) groups excluding carboxylic acids is 1. The lowest BCUT2D eigenvalue weighted by Gasteiger charge is -2.40. The summed E-state index contributed by atoms with van der Waals surface area (Å²) in [5, 5.41) is 9.66. The fourth-order valence-corrected chi connectivity index (χ4v) is 6.62. The average molecular weight is 628 g/mol. The molecule has 2 aliphatic heterocycles. The predicted octanol–water partition coefficient (Wildman–Crippen LogP) is 5.23. The van der Waals surface area contributed by atoms with E-state index in [-0.39, 0.29) is 38.6 Å². The van der Waals surface area contributed by atoms with Gasteiger partial charge in [0.1, 0.15) is 11.6 Å². The standard InChI is InChI=1S/C31H42Cl2F2N4O3/c1-29(2,12-14-37-5)16-24-31(36,21-10-9-18(32)15-23(21)34)25(20-7-6-8-22(33)26(20)35)27(39-24)28(40)38-13-11-19-17-41-30(3,4)42-19/h6-10,15,19,24-25,27,37,39H,11-14,16-17,36H2,1-5H3,(H,38,40). The fourth-order valence-electron chi connectivity index (χ4n) is 6.28. The van der Waals surface area contributed by atoms with Crippen molar-refractivity contribution in [2.75, 3.05) is 26.7 Å². The van der Waals surface area contributed by atoms with Crippen LogP contribution in [0, 0.1) is 17.0 Å². The van der Waals surface area contributed by atoms with Gasteiger partial charge in [0, 0.05) is 29.1 Å². The van der Waals surface area contributed by atoms with Gasteiger partial charge < -0.3 is 31.2 Å². The van der Waals surface area contributed by atoms with Crippen LogP contribution in [-0.2, 0) is 19.8 Å². The normalized spacial score (nSPS) is 27.4. The molecule has 2 aliphatic rings. The molecule has 2 aromatic rings. The number of carbonyl (C=O) groups is 1. The fraction of sp³-hybridized carbons (Fsp3) is 0.581. The van der Waals surface area contributed by atoms with Crippen molar-refractivity contribution < 1.29 is 23.0 Å². The molecule has 5 unspecified atom stereocenters. The van der Waals surface area contributed by atoms with Gasteiger partial charge in [-0.3, -0.25) is 4.79 Å². The molecule has 5 atom stereocenters. The predicted molar refractivity (Wildman–Crippen MR) is 162 cm³/mol. The van der Waals surface area contributed by atoms with Crippen LogP contribution >= 0.6 is 23.2 Å². The minimum Gasteiger partial charge on any atom is -0.355 e. The highest BCUT2D eigenvalue weighted by atomic mass is 35.5. The van der Waals surface area contributed by atoms with Crippen molar-refractivity contribution in [1.29, 1.82) is 0 Å². The summed E-state index contributed by atoms with van der Waals surface area (Å²) in [6, 6.07) is 7.29. The van der Waals surface area contributed by atoms with Crippen LogP contribution in [-0.4, -0.2) is 56.6 Å². The van der Waals surface area contributed by atoms with E-state index in [1.54, 1.807) is 18.2 Å². The molecule has 0 spiro atoms. The first-order chi connectivity index (χ1) is 19.7. The molecule has 2 aromatic carbocycles. The van der Waals surface area contributed by atoms with Crippen LogP contribution in [0.25, 0.3) is 0 Å². The highest BCUT2D eigenvalue weighted by Crippen LogP contribution is 2.50. The van der Waals surface area contributed by atoms with E-state index in [0.717, 1.165) is 13.0 Å². The van der Waals surface area contributed by atoms with Crippen molar-refractivity contribution in [3.05, 3.63) is 69.2 Å². The van der Waals surface area contributed by atoms with Gasteiger partial charge >= 0.3 is 0 Å². The SMILES string of the molecule is CNCCC(C)(C)CC1NC(C(=O)NCCC2COC(C)(C)O2)C(c2cccc(Cl)c2F)C1(N)c1ccc(Cl)cc1F. The van der Waals surface area contributed by atoms with Crippen molar-refractivity contribution in [3.63, 3.8) is 0 Å². The number of nitrogens with one attached hydrogen (secondary N) is 3. The Balaban J connectivity index is 1.75. The van der Waals surface area contributed by atoms with Crippen LogP contribution in [0.15, 0.2) is 36.4 Å². The first-order valence-electron chi connectivity index (χ1n) is 14.4. The summed E-state index contributed by atoms with van der Waals surface area (Å²) >= 11 is 12.3. The quantitative estimate of drug-likeness (QED) is 0.273. The van der Waals surface area contributed by atoms with Gasteiger partial charge in [0.2, 0.25) is 5.91 Å². The van der Waals surface area contributed by atoms with Crippen LogP contribution in [0.1, 0.15) is 64.0 Å². The molecule has 4 rings (SSSR count). The second-order valence-corrected chi connectivity index (χ2v) is 13.5. The largest absolute Gasteiger partial charge is 0.355 e. The van der Waals surface area contributed by atoms with Gasteiger partial charge in [0.25, 0.3) is 0 Å². The lowest BCUT2D eigenvalue weighted by atomic mass is 9.67. The number of ether oxygens (including phenoxy) is 2. The third-order valence-electron chi connectivity index (χ3n) is 8.44. The van der Waals surface area contributed by atoms with Crippen LogP contribution in [0.4, 0.5) is 8.78 Å². The Morgan fingerprint density at radius 3 is 2.57 bits per heavy atom.